The van der Waals surface area contributed by atoms with Crippen molar-refractivity contribution in [3.8, 4) is 17.2 Å². The fourth-order valence-corrected chi connectivity index (χ4v) is 3.00. The van der Waals surface area contributed by atoms with Crippen molar-refractivity contribution in [2.24, 2.45) is 5.73 Å². The second-order valence-electron chi connectivity index (χ2n) is 6.03. The van der Waals surface area contributed by atoms with Gasteiger partial charge in [-0.05, 0) is 63.1 Å². The average Bonchev–Trinajstić information content (AvgIpc) is 2.62. The van der Waals surface area contributed by atoms with E-state index in [1.165, 1.54) is 11.1 Å². The minimum absolute atomic E-state index is 0.185. The molecule has 0 spiro atoms. The van der Waals surface area contributed by atoms with Crippen LogP contribution in [-0.4, -0.2) is 26.9 Å². The minimum Gasteiger partial charge on any atom is -0.494 e. The Bertz CT molecular complexity index is 685. The van der Waals surface area contributed by atoms with Crippen LogP contribution >= 0.6 is 0 Å². The lowest BCUT2D eigenvalue weighted by molar-refractivity contribution is 0.310. The molecule has 1 atom stereocenters. The number of nitrogens with two attached hydrogens (primary N) is 1. The van der Waals surface area contributed by atoms with Gasteiger partial charge >= 0.3 is 0 Å². The van der Waals surface area contributed by atoms with Gasteiger partial charge in [-0.25, -0.2) is 0 Å². The van der Waals surface area contributed by atoms with Crippen LogP contribution in [0, 0.1) is 6.92 Å². The van der Waals surface area contributed by atoms with Crippen molar-refractivity contribution in [3.05, 3.63) is 53.1 Å². The molecule has 0 saturated carbocycles. The zero-order valence-electron chi connectivity index (χ0n) is 15.7. The Kier molecular flexibility index (Phi) is 7.14. The highest BCUT2D eigenvalue weighted by Crippen LogP contribution is 2.33. The largest absolute Gasteiger partial charge is 0.494 e. The summed E-state index contributed by atoms with van der Waals surface area (Å²) in [6.07, 6.45) is 0.824. The molecule has 136 valence electrons. The molecule has 2 aromatic rings. The van der Waals surface area contributed by atoms with Crippen LogP contribution in [0.4, 0.5) is 0 Å². The van der Waals surface area contributed by atoms with Crippen LogP contribution in [-0.2, 0) is 6.42 Å². The number of ether oxygens (including phenoxy) is 3. The molecule has 0 aliphatic carbocycles. The maximum absolute atomic E-state index is 6.11. The molecule has 0 saturated heterocycles. The zero-order chi connectivity index (χ0) is 18.2. The van der Waals surface area contributed by atoms with Gasteiger partial charge < -0.3 is 19.9 Å². The number of hydrogen-bond acceptors (Lipinski definition) is 4. The summed E-state index contributed by atoms with van der Waals surface area (Å²) in [5.41, 5.74) is 9.65. The summed E-state index contributed by atoms with van der Waals surface area (Å²) in [6.45, 7) is 7.86. The van der Waals surface area contributed by atoms with Gasteiger partial charge in [0.05, 0.1) is 20.3 Å². The second kappa shape index (κ2) is 9.33. The lowest BCUT2D eigenvalue weighted by Gasteiger charge is -2.20. The molecule has 2 rings (SSSR count). The summed E-state index contributed by atoms with van der Waals surface area (Å²) in [6, 6.07) is 12.4. The van der Waals surface area contributed by atoms with Crippen molar-refractivity contribution >= 4 is 0 Å². The van der Waals surface area contributed by atoms with Crippen molar-refractivity contribution < 1.29 is 14.2 Å². The Morgan fingerprint density at radius 1 is 0.920 bits per heavy atom. The minimum atomic E-state index is 0.185. The third kappa shape index (κ3) is 4.89. The lowest BCUT2D eigenvalue weighted by atomic mass is 9.90. The number of hydrogen-bond donors (Lipinski definition) is 1. The van der Waals surface area contributed by atoms with E-state index in [1.54, 1.807) is 7.11 Å². The lowest BCUT2D eigenvalue weighted by Crippen LogP contribution is -2.16. The van der Waals surface area contributed by atoms with Gasteiger partial charge in [-0.1, -0.05) is 23.8 Å². The van der Waals surface area contributed by atoms with Crippen LogP contribution in [0.15, 0.2) is 36.4 Å². The van der Waals surface area contributed by atoms with Gasteiger partial charge in [0.2, 0.25) is 0 Å². The van der Waals surface area contributed by atoms with Crippen molar-refractivity contribution in [2.75, 3.05) is 26.9 Å². The summed E-state index contributed by atoms with van der Waals surface area (Å²) in [5, 5.41) is 0. The highest BCUT2D eigenvalue weighted by atomic mass is 16.5. The Morgan fingerprint density at radius 2 is 1.60 bits per heavy atom. The van der Waals surface area contributed by atoms with E-state index < -0.39 is 0 Å². The standard InChI is InChI=1S/C21H29NO3/c1-5-24-19-9-7-15(3)11-18(19)17(14-22)12-16-8-10-20(23-4)21(13-16)25-6-2/h7-11,13,17H,5-6,12,14,22H2,1-4H3. The zero-order valence-corrected chi connectivity index (χ0v) is 15.7. The summed E-state index contributed by atoms with van der Waals surface area (Å²) in [5.74, 6) is 2.62. The summed E-state index contributed by atoms with van der Waals surface area (Å²) >= 11 is 0. The Labute approximate surface area is 150 Å². The van der Waals surface area contributed by atoms with E-state index in [-0.39, 0.29) is 5.92 Å². The van der Waals surface area contributed by atoms with Crippen LogP contribution in [0.5, 0.6) is 17.2 Å². The number of methoxy groups -OCH3 is 1. The Morgan fingerprint density at radius 3 is 2.24 bits per heavy atom. The third-order valence-corrected chi connectivity index (χ3v) is 4.20. The van der Waals surface area contributed by atoms with Crippen LogP contribution in [0.2, 0.25) is 0 Å². The van der Waals surface area contributed by atoms with E-state index in [9.17, 15) is 0 Å². The van der Waals surface area contributed by atoms with E-state index in [4.69, 9.17) is 19.9 Å². The molecule has 0 heterocycles. The van der Waals surface area contributed by atoms with Crippen molar-refractivity contribution in [2.45, 2.75) is 33.1 Å². The van der Waals surface area contributed by atoms with Gasteiger partial charge in [-0.3, -0.25) is 0 Å². The molecule has 0 aromatic heterocycles. The highest BCUT2D eigenvalue weighted by molar-refractivity contribution is 5.45. The summed E-state index contributed by atoms with van der Waals surface area (Å²) in [4.78, 5) is 0. The fraction of sp³-hybridized carbons (Fsp3) is 0.429. The maximum Gasteiger partial charge on any atom is 0.161 e. The average molecular weight is 343 g/mol. The first-order valence-electron chi connectivity index (χ1n) is 8.86. The molecule has 2 N–H and O–H groups in total. The Balaban J connectivity index is 2.31. The van der Waals surface area contributed by atoms with Crippen LogP contribution in [0.3, 0.4) is 0 Å². The molecule has 0 fully saturated rings. The van der Waals surface area contributed by atoms with E-state index in [2.05, 4.69) is 25.1 Å². The maximum atomic E-state index is 6.11. The predicted molar refractivity (Wildman–Crippen MR) is 102 cm³/mol. The molecule has 2 aromatic carbocycles. The predicted octanol–water partition coefficient (Wildman–Crippen LogP) is 4.09. The highest BCUT2D eigenvalue weighted by Gasteiger charge is 2.17. The smallest absolute Gasteiger partial charge is 0.161 e. The van der Waals surface area contributed by atoms with Gasteiger partial charge in [0.1, 0.15) is 5.75 Å². The SMILES string of the molecule is CCOc1cc(CC(CN)c2cc(C)ccc2OCC)ccc1OC. The van der Waals surface area contributed by atoms with Crippen molar-refractivity contribution in [1.82, 2.24) is 0 Å². The first kappa shape index (κ1) is 19.1. The first-order chi connectivity index (χ1) is 12.1. The second-order valence-corrected chi connectivity index (χ2v) is 6.03. The molecule has 25 heavy (non-hydrogen) atoms. The van der Waals surface area contributed by atoms with E-state index in [0.29, 0.717) is 19.8 Å². The molecule has 4 nitrogen and oxygen atoms in total. The molecular formula is C21H29NO3. The first-order valence-corrected chi connectivity index (χ1v) is 8.86. The van der Waals surface area contributed by atoms with Crippen LogP contribution < -0.4 is 19.9 Å². The van der Waals surface area contributed by atoms with Gasteiger partial charge in [0, 0.05) is 5.92 Å². The molecule has 0 bridgehead atoms. The van der Waals surface area contributed by atoms with Gasteiger partial charge in [-0.2, -0.15) is 0 Å². The molecule has 0 aliphatic heterocycles. The molecule has 1 unspecified atom stereocenters. The molecular weight excluding hydrogens is 314 g/mol. The number of rotatable bonds is 9. The summed E-state index contributed by atoms with van der Waals surface area (Å²) < 4.78 is 16.9. The third-order valence-electron chi connectivity index (χ3n) is 4.20. The fourth-order valence-electron chi connectivity index (χ4n) is 3.00. The van der Waals surface area contributed by atoms with Crippen LogP contribution in [0.25, 0.3) is 0 Å². The van der Waals surface area contributed by atoms with Gasteiger partial charge in [0.25, 0.3) is 0 Å². The molecule has 0 aliphatic rings. The van der Waals surface area contributed by atoms with Crippen LogP contribution in [0.1, 0.15) is 36.5 Å². The topological polar surface area (TPSA) is 53.7 Å². The monoisotopic (exact) mass is 343 g/mol. The van der Waals surface area contributed by atoms with Crippen molar-refractivity contribution in [1.29, 1.82) is 0 Å². The normalized spacial score (nSPS) is 11.9. The molecule has 0 amide bonds. The van der Waals surface area contributed by atoms with Gasteiger partial charge in [-0.15, -0.1) is 0 Å². The number of aryl methyl sites for hydroxylation is 1. The molecule has 0 radical (unpaired) electrons. The van der Waals surface area contributed by atoms with Crippen molar-refractivity contribution in [3.63, 3.8) is 0 Å². The Hall–Kier alpha value is -2.20. The number of benzene rings is 2. The summed E-state index contributed by atoms with van der Waals surface area (Å²) in [7, 11) is 1.65. The quantitative estimate of drug-likeness (QED) is 0.745. The van der Waals surface area contributed by atoms with Gasteiger partial charge in [0.15, 0.2) is 11.5 Å². The molecule has 4 heteroatoms. The van der Waals surface area contributed by atoms with E-state index in [1.807, 2.05) is 32.0 Å². The van der Waals surface area contributed by atoms with E-state index >= 15 is 0 Å². The van der Waals surface area contributed by atoms with E-state index in [0.717, 1.165) is 29.2 Å².